The molecule has 2 N–H and O–H groups in total. The number of hydrogen-bond acceptors (Lipinski definition) is 4. The van der Waals surface area contributed by atoms with Crippen molar-refractivity contribution in [3.63, 3.8) is 0 Å². The number of nitrogens with one attached hydrogen (secondary N) is 2. The SMILES string of the molecule is CCOc1ccc(CNC(=O)C(=O)Nc2ccnn2C2CCCC2)cc1F. The molecule has 0 spiro atoms. The molecular formula is C19H23FN4O3. The van der Waals surface area contributed by atoms with E-state index in [0.717, 1.165) is 25.7 Å². The quantitative estimate of drug-likeness (QED) is 0.762. The van der Waals surface area contributed by atoms with Gasteiger partial charge in [-0.05, 0) is 37.5 Å². The van der Waals surface area contributed by atoms with Crippen LogP contribution in [0.1, 0.15) is 44.2 Å². The lowest BCUT2D eigenvalue weighted by molar-refractivity contribution is -0.136. The highest BCUT2D eigenvalue weighted by Crippen LogP contribution is 2.31. The summed E-state index contributed by atoms with van der Waals surface area (Å²) in [7, 11) is 0. The summed E-state index contributed by atoms with van der Waals surface area (Å²) < 4.78 is 20.7. The van der Waals surface area contributed by atoms with E-state index in [0.29, 0.717) is 18.0 Å². The summed E-state index contributed by atoms with van der Waals surface area (Å²) in [5.74, 6) is -1.40. The number of carbonyl (C=O) groups excluding carboxylic acids is 2. The Kier molecular flexibility index (Phi) is 6.05. The molecule has 0 bridgehead atoms. The second-order valence-electron chi connectivity index (χ2n) is 6.43. The topological polar surface area (TPSA) is 85.2 Å². The van der Waals surface area contributed by atoms with Crippen molar-refractivity contribution in [3.8, 4) is 5.75 Å². The van der Waals surface area contributed by atoms with Crippen molar-refractivity contribution in [1.82, 2.24) is 15.1 Å². The van der Waals surface area contributed by atoms with Gasteiger partial charge in [0, 0.05) is 12.6 Å². The van der Waals surface area contributed by atoms with Crippen molar-refractivity contribution in [2.24, 2.45) is 0 Å². The zero-order valence-electron chi connectivity index (χ0n) is 15.2. The molecule has 7 nitrogen and oxygen atoms in total. The van der Waals surface area contributed by atoms with E-state index >= 15 is 0 Å². The van der Waals surface area contributed by atoms with Gasteiger partial charge in [-0.2, -0.15) is 5.10 Å². The van der Waals surface area contributed by atoms with E-state index in [9.17, 15) is 14.0 Å². The van der Waals surface area contributed by atoms with Gasteiger partial charge in [-0.1, -0.05) is 18.9 Å². The van der Waals surface area contributed by atoms with Crippen molar-refractivity contribution < 1.29 is 18.7 Å². The van der Waals surface area contributed by atoms with Gasteiger partial charge >= 0.3 is 11.8 Å². The summed E-state index contributed by atoms with van der Waals surface area (Å²) in [6.45, 7) is 2.17. The molecule has 1 aromatic carbocycles. The average Bonchev–Trinajstić information content (AvgIpc) is 3.33. The van der Waals surface area contributed by atoms with Gasteiger partial charge in [-0.25, -0.2) is 9.07 Å². The molecule has 1 heterocycles. The first-order valence-corrected chi connectivity index (χ1v) is 9.12. The van der Waals surface area contributed by atoms with E-state index in [-0.39, 0.29) is 18.3 Å². The highest BCUT2D eigenvalue weighted by molar-refractivity contribution is 6.39. The van der Waals surface area contributed by atoms with Crippen LogP contribution in [0, 0.1) is 5.82 Å². The number of ether oxygens (including phenoxy) is 1. The Morgan fingerprint density at radius 2 is 2.04 bits per heavy atom. The average molecular weight is 374 g/mol. The zero-order chi connectivity index (χ0) is 19.2. The first-order valence-electron chi connectivity index (χ1n) is 9.12. The number of anilines is 1. The third-order valence-corrected chi connectivity index (χ3v) is 4.54. The van der Waals surface area contributed by atoms with E-state index in [1.54, 1.807) is 29.9 Å². The molecule has 8 heteroatoms. The van der Waals surface area contributed by atoms with Gasteiger partial charge < -0.3 is 15.4 Å². The molecular weight excluding hydrogens is 351 g/mol. The fourth-order valence-electron chi connectivity index (χ4n) is 3.22. The van der Waals surface area contributed by atoms with Gasteiger partial charge in [0.1, 0.15) is 5.82 Å². The summed E-state index contributed by atoms with van der Waals surface area (Å²) in [5, 5.41) is 9.34. The van der Waals surface area contributed by atoms with Gasteiger partial charge in [-0.3, -0.25) is 9.59 Å². The molecule has 0 atom stereocenters. The van der Waals surface area contributed by atoms with Crippen molar-refractivity contribution in [2.45, 2.75) is 45.2 Å². The van der Waals surface area contributed by atoms with Crippen LogP contribution in [-0.2, 0) is 16.1 Å². The standard InChI is InChI=1S/C19H23FN4O3/c1-2-27-16-8-7-13(11-15(16)20)12-21-18(25)19(26)23-17-9-10-22-24(17)14-5-3-4-6-14/h7-11,14H,2-6,12H2,1H3,(H,21,25)(H,23,26). The Bertz CT molecular complexity index is 815. The molecule has 1 aliphatic rings. The van der Waals surface area contributed by atoms with Crippen molar-refractivity contribution in [3.05, 3.63) is 41.8 Å². The molecule has 3 rings (SSSR count). The minimum atomic E-state index is -0.788. The molecule has 1 aliphatic carbocycles. The van der Waals surface area contributed by atoms with Crippen molar-refractivity contribution >= 4 is 17.6 Å². The number of hydrogen-bond donors (Lipinski definition) is 2. The summed E-state index contributed by atoms with van der Waals surface area (Å²) in [4.78, 5) is 24.2. The first kappa shape index (κ1) is 18.9. The maximum Gasteiger partial charge on any atom is 0.314 e. The maximum absolute atomic E-state index is 13.8. The van der Waals surface area contributed by atoms with Crippen LogP contribution in [0.4, 0.5) is 10.2 Å². The molecule has 2 amide bonds. The van der Waals surface area contributed by atoms with Crippen molar-refractivity contribution in [2.75, 3.05) is 11.9 Å². The van der Waals surface area contributed by atoms with Crippen LogP contribution in [0.5, 0.6) is 5.75 Å². The molecule has 0 unspecified atom stereocenters. The van der Waals surface area contributed by atoms with E-state index < -0.39 is 17.6 Å². The Labute approximate surface area is 156 Å². The summed E-state index contributed by atoms with van der Waals surface area (Å²) in [6.07, 6.45) is 5.91. The van der Waals surface area contributed by atoms with Crippen LogP contribution in [-0.4, -0.2) is 28.2 Å². The summed E-state index contributed by atoms with van der Waals surface area (Å²) in [6, 6.07) is 6.34. The van der Waals surface area contributed by atoms with Gasteiger partial charge in [0.05, 0.1) is 18.8 Å². The van der Waals surface area contributed by atoms with Gasteiger partial charge in [0.15, 0.2) is 11.6 Å². The predicted octanol–water partition coefficient (Wildman–Crippen LogP) is 2.79. The number of carbonyl (C=O) groups is 2. The maximum atomic E-state index is 13.8. The monoisotopic (exact) mass is 374 g/mol. The van der Waals surface area contributed by atoms with E-state index in [4.69, 9.17) is 4.74 Å². The number of amides is 2. The lowest BCUT2D eigenvalue weighted by Crippen LogP contribution is -2.35. The van der Waals surface area contributed by atoms with E-state index in [1.807, 2.05) is 0 Å². The second-order valence-corrected chi connectivity index (χ2v) is 6.43. The van der Waals surface area contributed by atoms with Crippen molar-refractivity contribution in [1.29, 1.82) is 0 Å². The Hall–Kier alpha value is -2.90. The smallest absolute Gasteiger partial charge is 0.314 e. The normalized spacial score (nSPS) is 14.1. The molecule has 1 fully saturated rings. The molecule has 0 saturated heterocycles. The Balaban J connectivity index is 1.55. The number of benzene rings is 1. The van der Waals surface area contributed by atoms with Crippen LogP contribution >= 0.6 is 0 Å². The molecule has 144 valence electrons. The third-order valence-electron chi connectivity index (χ3n) is 4.54. The zero-order valence-corrected chi connectivity index (χ0v) is 15.2. The number of halogens is 1. The van der Waals surface area contributed by atoms with Gasteiger partial charge in [0.25, 0.3) is 0 Å². The molecule has 0 radical (unpaired) electrons. The van der Waals surface area contributed by atoms with E-state index in [2.05, 4.69) is 15.7 Å². The molecule has 0 aliphatic heterocycles. The van der Waals surface area contributed by atoms with Crippen LogP contribution in [0.2, 0.25) is 0 Å². The second kappa shape index (κ2) is 8.66. The highest BCUT2D eigenvalue weighted by atomic mass is 19.1. The number of rotatable bonds is 6. The largest absolute Gasteiger partial charge is 0.491 e. The predicted molar refractivity (Wildman–Crippen MR) is 97.8 cm³/mol. The van der Waals surface area contributed by atoms with Crippen LogP contribution in [0.15, 0.2) is 30.5 Å². The summed E-state index contributed by atoms with van der Waals surface area (Å²) >= 11 is 0. The minimum absolute atomic E-state index is 0.0392. The summed E-state index contributed by atoms with van der Waals surface area (Å²) in [5.41, 5.74) is 0.535. The fourth-order valence-corrected chi connectivity index (χ4v) is 3.22. The van der Waals surface area contributed by atoms with Crippen LogP contribution < -0.4 is 15.4 Å². The lowest BCUT2D eigenvalue weighted by Gasteiger charge is -2.14. The highest BCUT2D eigenvalue weighted by Gasteiger charge is 2.22. The third kappa shape index (κ3) is 4.64. The number of nitrogens with zero attached hydrogens (tertiary/aromatic N) is 2. The van der Waals surface area contributed by atoms with E-state index in [1.165, 1.54) is 12.1 Å². The fraction of sp³-hybridized carbons (Fsp3) is 0.421. The Morgan fingerprint density at radius 1 is 1.26 bits per heavy atom. The van der Waals surface area contributed by atoms with Crippen LogP contribution in [0.25, 0.3) is 0 Å². The Morgan fingerprint density at radius 3 is 2.74 bits per heavy atom. The van der Waals surface area contributed by atoms with Gasteiger partial charge in [0.2, 0.25) is 0 Å². The minimum Gasteiger partial charge on any atom is -0.491 e. The molecule has 2 aromatic rings. The van der Waals surface area contributed by atoms with Gasteiger partial charge in [-0.15, -0.1) is 0 Å². The molecule has 1 aromatic heterocycles. The molecule has 1 saturated carbocycles. The molecule has 27 heavy (non-hydrogen) atoms. The lowest BCUT2D eigenvalue weighted by atomic mass is 10.2. The van der Waals surface area contributed by atoms with Crippen LogP contribution in [0.3, 0.4) is 0 Å². The number of aromatic nitrogens is 2. The first-order chi connectivity index (χ1) is 13.1.